The smallest absolute Gasteiger partial charge is 0.344 e. The average molecular weight is 477 g/mol. The third kappa shape index (κ3) is 7.51. The number of amides is 2. The van der Waals surface area contributed by atoms with E-state index < -0.39 is 18.5 Å². The number of carbonyl (C=O) groups excluding carboxylic acids is 3. The minimum atomic E-state index is -0.668. The van der Waals surface area contributed by atoms with Gasteiger partial charge in [-0.25, -0.2) is 4.79 Å². The molecule has 2 amide bonds. The van der Waals surface area contributed by atoms with Gasteiger partial charge in [0.2, 0.25) is 5.91 Å². The number of halogens is 1. The standard InChI is InChI=1S/C22H25BrN2O5/c1-14(2)17-6-4-5-7-19(17)29-13-22(28)30-12-21(27)24-11-20(26)25-18-9-8-16(23)10-15(18)3/h4-10,14H,11-13H2,1-3H3,(H,24,27)(H,25,26). The van der Waals surface area contributed by atoms with Gasteiger partial charge in [0, 0.05) is 10.2 Å². The minimum absolute atomic E-state index is 0.232. The topological polar surface area (TPSA) is 93.7 Å². The van der Waals surface area contributed by atoms with Crippen LogP contribution >= 0.6 is 15.9 Å². The lowest BCUT2D eigenvalue weighted by Crippen LogP contribution is -2.36. The van der Waals surface area contributed by atoms with E-state index in [1.807, 2.05) is 51.1 Å². The summed E-state index contributed by atoms with van der Waals surface area (Å²) in [7, 11) is 0. The molecule has 0 unspecified atom stereocenters. The van der Waals surface area contributed by atoms with Crippen molar-refractivity contribution < 1.29 is 23.9 Å². The van der Waals surface area contributed by atoms with Crippen LogP contribution in [0.4, 0.5) is 5.69 Å². The van der Waals surface area contributed by atoms with Gasteiger partial charge in [-0.1, -0.05) is 48.0 Å². The summed E-state index contributed by atoms with van der Waals surface area (Å²) >= 11 is 3.36. The van der Waals surface area contributed by atoms with Gasteiger partial charge in [-0.15, -0.1) is 0 Å². The molecule has 0 fully saturated rings. The normalized spacial score (nSPS) is 10.4. The van der Waals surface area contributed by atoms with Crippen molar-refractivity contribution in [3.63, 3.8) is 0 Å². The van der Waals surface area contributed by atoms with Crippen molar-refractivity contribution in [2.24, 2.45) is 0 Å². The molecule has 0 aliphatic carbocycles. The van der Waals surface area contributed by atoms with Crippen LogP contribution in [0, 0.1) is 6.92 Å². The predicted molar refractivity (Wildman–Crippen MR) is 118 cm³/mol. The van der Waals surface area contributed by atoms with Crippen LogP contribution in [0.25, 0.3) is 0 Å². The molecule has 8 heteroatoms. The first-order valence-corrected chi connectivity index (χ1v) is 10.3. The number of nitrogens with one attached hydrogen (secondary N) is 2. The molecule has 0 aliphatic rings. The Kier molecular flexibility index (Phi) is 8.86. The molecular formula is C22H25BrN2O5. The number of hydrogen-bond acceptors (Lipinski definition) is 5. The predicted octanol–water partition coefficient (Wildman–Crippen LogP) is 3.56. The van der Waals surface area contributed by atoms with Gasteiger partial charge in [-0.3, -0.25) is 9.59 Å². The quantitative estimate of drug-likeness (QED) is 0.539. The van der Waals surface area contributed by atoms with E-state index in [9.17, 15) is 14.4 Å². The minimum Gasteiger partial charge on any atom is -0.482 e. The SMILES string of the molecule is Cc1cc(Br)ccc1NC(=O)CNC(=O)COC(=O)COc1ccccc1C(C)C. The van der Waals surface area contributed by atoms with Gasteiger partial charge in [0.05, 0.1) is 6.54 Å². The Labute approximate surface area is 184 Å². The lowest BCUT2D eigenvalue weighted by atomic mass is 10.0. The second-order valence-electron chi connectivity index (χ2n) is 6.93. The van der Waals surface area contributed by atoms with Crippen LogP contribution in [0.5, 0.6) is 5.75 Å². The van der Waals surface area contributed by atoms with Crippen molar-refractivity contribution in [2.75, 3.05) is 25.1 Å². The summed E-state index contributed by atoms with van der Waals surface area (Å²) in [5, 5.41) is 5.12. The van der Waals surface area contributed by atoms with Gasteiger partial charge in [-0.2, -0.15) is 0 Å². The van der Waals surface area contributed by atoms with E-state index in [4.69, 9.17) is 9.47 Å². The first-order valence-electron chi connectivity index (χ1n) is 9.46. The third-order valence-corrected chi connectivity index (χ3v) is 4.65. The summed E-state index contributed by atoms with van der Waals surface area (Å²) in [6, 6.07) is 12.9. The lowest BCUT2D eigenvalue weighted by Gasteiger charge is -2.13. The fourth-order valence-electron chi connectivity index (χ4n) is 2.60. The van der Waals surface area contributed by atoms with Crippen molar-refractivity contribution in [3.05, 3.63) is 58.1 Å². The van der Waals surface area contributed by atoms with Gasteiger partial charge >= 0.3 is 5.97 Å². The number of aryl methyl sites for hydroxylation is 1. The number of anilines is 1. The van der Waals surface area contributed by atoms with Crippen molar-refractivity contribution in [1.82, 2.24) is 5.32 Å². The Morgan fingerprint density at radius 3 is 2.47 bits per heavy atom. The number of esters is 1. The second-order valence-corrected chi connectivity index (χ2v) is 7.84. The molecule has 30 heavy (non-hydrogen) atoms. The molecule has 0 spiro atoms. The highest BCUT2D eigenvalue weighted by Gasteiger charge is 2.12. The first kappa shape index (κ1) is 23.4. The molecule has 2 aromatic carbocycles. The molecule has 0 saturated carbocycles. The van der Waals surface area contributed by atoms with E-state index in [-0.39, 0.29) is 25.0 Å². The van der Waals surface area contributed by atoms with E-state index >= 15 is 0 Å². The zero-order valence-corrected chi connectivity index (χ0v) is 18.7. The van der Waals surface area contributed by atoms with E-state index in [0.29, 0.717) is 11.4 Å². The molecule has 0 saturated heterocycles. The molecule has 2 N–H and O–H groups in total. The first-order chi connectivity index (χ1) is 14.3. The van der Waals surface area contributed by atoms with Gasteiger partial charge in [0.25, 0.3) is 5.91 Å². The van der Waals surface area contributed by atoms with Crippen molar-refractivity contribution in [2.45, 2.75) is 26.7 Å². The van der Waals surface area contributed by atoms with Crippen molar-refractivity contribution in [1.29, 1.82) is 0 Å². The highest BCUT2D eigenvalue weighted by Crippen LogP contribution is 2.25. The van der Waals surface area contributed by atoms with Crippen LogP contribution in [0.1, 0.15) is 30.9 Å². The highest BCUT2D eigenvalue weighted by molar-refractivity contribution is 9.10. The Morgan fingerprint density at radius 1 is 1.03 bits per heavy atom. The second kappa shape index (κ2) is 11.3. The monoisotopic (exact) mass is 476 g/mol. The molecule has 2 rings (SSSR count). The van der Waals surface area contributed by atoms with E-state index in [1.54, 1.807) is 12.1 Å². The molecule has 7 nitrogen and oxygen atoms in total. The number of benzene rings is 2. The summed E-state index contributed by atoms with van der Waals surface area (Å²) in [6.45, 7) is 4.89. The van der Waals surface area contributed by atoms with Crippen molar-refractivity contribution >= 4 is 39.4 Å². The maximum absolute atomic E-state index is 12.0. The molecule has 0 radical (unpaired) electrons. The van der Waals surface area contributed by atoms with E-state index in [2.05, 4.69) is 26.6 Å². The van der Waals surface area contributed by atoms with Gasteiger partial charge in [0.1, 0.15) is 5.75 Å². The molecular weight excluding hydrogens is 452 g/mol. The fourth-order valence-corrected chi connectivity index (χ4v) is 3.08. The van der Waals surface area contributed by atoms with Crippen LogP contribution in [0.15, 0.2) is 46.9 Å². The third-order valence-electron chi connectivity index (χ3n) is 4.16. The summed E-state index contributed by atoms with van der Waals surface area (Å²) < 4.78 is 11.3. The van der Waals surface area contributed by atoms with Gasteiger partial charge in [0.15, 0.2) is 13.2 Å². The molecule has 2 aromatic rings. The Hall–Kier alpha value is -2.87. The number of para-hydroxylation sites is 1. The zero-order valence-electron chi connectivity index (χ0n) is 17.2. The Balaban J connectivity index is 1.70. The lowest BCUT2D eigenvalue weighted by molar-refractivity contribution is -0.150. The van der Waals surface area contributed by atoms with Crippen LogP contribution in [0.2, 0.25) is 0 Å². The molecule has 0 heterocycles. The number of ether oxygens (including phenoxy) is 2. The zero-order chi connectivity index (χ0) is 22.1. The van der Waals surface area contributed by atoms with Crippen LogP contribution in [-0.4, -0.2) is 37.5 Å². The van der Waals surface area contributed by atoms with Crippen LogP contribution < -0.4 is 15.4 Å². The summed E-state index contributed by atoms with van der Waals surface area (Å²) in [6.07, 6.45) is 0. The fraction of sp³-hybridized carbons (Fsp3) is 0.318. The molecule has 0 aliphatic heterocycles. The number of hydrogen-bond donors (Lipinski definition) is 2. The van der Waals surface area contributed by atoms with Crippen LogP contribution in [-0.2, 0) is 19.1 Å². The maximum atomic E-state index is 12.0. The number of carbonyl (C=O) groups is 3. The van der Waals surface area contributed by atoms with Gasteiger partial charge < -0.3 is 20.1 Å². The van der Waals surface area contributed by atoms with Crippen LogP contribution in [0.3, 0.4) is 0 Å². The summed E-state index contributed by atoms with van der Waals surface area (Å²) in [5.41, 5.74) is 2.52. The summed E-state index contributed by atoms with van der Waals surface area (Å²) in [4.78, 5) is 35.6. The molecule has 160 valence electrons. The highest BCUT2D eigenvalue weighted by atomic mass is 79.9. The maximum Gasteiger partial charge on any atom is 0.344 e. The van der Waals surface area contributed by atoms with Gasteiger partial charge in [-0.05, 0) is 48.2 Å². The molecule has 0 aromatic heterocycles. The summed E-state index contributed by atoms with van der Waals surface area (Å²) in [5.74, 6) is -0.773. The molecule has 0 bridgehead atoms. The number of rotatable bonds is 9. The average Bonchev–Trinajstić information content (AvgIpc) is 2.71. The van der Waals surface area contributed by atoms with E-state index in [1.165, 1.54) is 0 Å². The van der Waals surface area contributed by atoms with E-state index in [0.717, 1.165) is 15.6 Å². The largest absolute Gasteiger partial charge is 0.482 e. The Morgan fingerprint density at radius 2 is 1.77 bits per heavy atom. The van der Waals surface area contributed by atoms with Crippen molar-refractivity contribution in [3.8, 4) is 5.75 Å². The molecule has 0 atom stereocenters. The Bertz CT molecular complexity index is 914.